The Morgan fingerprint density at radius 2 is 1.74 bits per heavy atom. The smallest absolute Gasteiger partial charge is 0.435 e. The number of hydrogen-bond acceptors (Lipinski definition) is 8. The number of methoxy groups -OCH3 is 2. The average Bonchev–Trinajstić information content (AvgIpc) is 3.42. The number of nitrogens with two attached hydrogens (primary N) is 1. The zero-order chi connectivity index (χ0) is 28.5. The number of esters is 2. The molecule has 0 saturated carbocycles. The lowest BCUT2D eigenvalue weighted by Gasteiger charge is -2.36. The van der Waals surface area contributed by atoms with E-state index < -0.39 is 29.7 Å². The number of ether oxygens (including phenoxy) is 2. The monoisotopic (exact) mass is 557 g/mol. The van der Waals surface area contributed by atoms with E-state index in [2.05, 4.69) is 5.10 Å². The van der Waals surface area contributed by atoms with Gasteiger partial charge in [0.05, 0.1) is 48.1 Å². The Morgan fingerprint density at radius 3 is 2.28 bits per heavy atom. The number of aromatic nitrogens is 2. The van der Waals surface area contributed by atoms with E-state index in [1.165, 1.54) is 18.2 Å². The van der Waals surface area contributed by atoms with Gasteiger partial charge in [0.15, 0.2) is 5.69 Å². The Bertz CT molecular complexity index is 1560. The second kappa shape index (κ2) is 10.5. The number of allylic oxidation sites excluding steroid dienone is 1. The first-order valence-corrected chi connectivity index (χ1v) is 11.5. The maximum Gasteiger partial charge on any atom is 0.435 e. The normalized spacial score (nSPS) is 15.7. The molecular weight excluding hydrogens is 539 g/mol. The number of rotatable bonds is 5. The zero-order valence-electron chi connectivity index (χ0n) is 20.4. The van der Waals surface area contributed by atoms with E-state index in [-0.39, 0.29) is 39.1 Å². The van der Waals surface area contributed by atoms with E-state index in [9.17, 15) is 28.0 Å². The van der Waals surface area contributed by atoms with Crippen LogP contribution in [0.5, 0.6) is 0 Å². The minimum atomic E-state index is -4.65. The lowest BCUT2D eigenvalue weighted by atomic mass is 9.81. The van der Waals surface area contributed by atoms with Crippen LogP contribution >= 0.6 is 11.6 Å². The number of anilines is 1. The van der Waals surface area contributed by atoms with Gasteiger partial charge in [-0.3, -0.25) is 4.90 Å². The number of carbonyl (C=O) groups is 2. The minimum absolute atomic E-state index is 0.0589. The SMILES string of the molecule is COC(=O)C1=C(C(=O)OC)N(c2ccc(-n3ccc(C(F)(F)F)n3)c(Cl)c2)C(N)=C(C#N)C1c1ccccc1. The van der Waals surface area contributed by atoms with Gasteiger partial charge < -0.3 is 15.2 Å². The number of alkyl halides is 3. The van der Waals surface area contributed by atoms with Crippen molar-refractivity contribution in [3.63, 3.8) is 0 Å². The van der Waals surface area contributed by atoms with Gasteiger partial charge in [-0.15, -0.1) is 0 Å². The summed E-state index contributed by atoms with van der Waals surface area (Å²) in [6.45, 7) is 0. The van der Waals surface area contributed by atoms with Gasteiger partial charge in [0.1, 0.15) is 11.5 Å². The molecule has 1 aliphatic heterocycles. The topological polar surface area (TPSA) is 123 Å². The van der Waals surface area contributed by atoms with Gasteiger partial charge in [0, 0.05) is 11.9 Å². The van der Waals surface area contributed by atoms with Crippen molar-refractivity contribution < 1.29 is 32.2 Å². The van der Waals surface area contributed by atoms with E-state index >= 15 is 0 Å². The number of benzene rings is 2. The van der Waals surface area contributed by atoms with Crippen molar-refractivity contribution >= 4 is 29.2 Å². The lowest BCUT2D eigenvalue weighted by Crippen LogP contribution is -2.40. The van der Waals surface area contributed by atoms with Crippen molar-refractivity contribution in [2.75, 3.05) is 19.1 Å². The van der Waals surface area contributed by atoms with Crippen LogP contribution in [0.15, 0.2) is 83.5 Å². The molecule has 2 heterocycles. The summed E-state index contributed by atoms with van der Waals surface area (Å²) in [6, 6.07) is 15.3. The van der Waals surface area contributed by atoms with Gasteiger partial charge in [0.2, 0.25) is 0 Å². The quantitative estimate of drug-likeness (QED) is 0.457. The maximum atomic E-state index is 13.1. The maximum absolute atomic E-state index is 13.1. The fourth-order valence-corrected chi connectivity index (χ4v) is 4.47. The summed E-state index contributed by atoms with van der Waals surface area (Å²) < 4.78 is 50.0. The molecule has 0 spiro atoms. The second-order valence-corrected chi connectivity index (χ2v) is 8.52. The van der Waals surface area contributed by atoms with E-state index in [4.69, 9.17) is 26.8 Å². The Kier molecular flexibility index (Phi) is 7.38. The molecule has 9 nitrogen and oxygen atoms in total. The van der Waals surface area contributed by atoms with Crippen LogP contribution in [0.25, 0.3) is 5.69 Å². The Labute approximate surface area is 225 Å². The van der Waals surface area contributed by atoms with Crippen molar-refractivity contribution in [1.82, 2.24) is 9.78 Å². The van der Waals surface area contributed by atoms with Gasteiger partial charge in [-0.1, -0.05) is 41.9 Å². The molecule has 2 aromatic carbocycles. The molecular formula is C26H19ClF3N5O4. The molecule has 39 heavy (non-hydrogen) atoms. The van der Waals surface area contributed by atoms with Gasteiger partial charge in [0.25, 0.3) is 0 Å². The summed E-state index contributed by atoms with van der Waals surface area (Å²) in [5, 5.41) is 13.5. The standard InChI is InChI=1S/C26H19ClF3N5O4/c1-38-24(36)21-20(14-6-4-3-5-7-14)16(13-31)23(32)35(22(21)25(37)39-2)15-8-9-18(17(27)12-15)34-11-10-19(33-34)26(28,29)30/h3-12,20H,32H2,1-2H3. The van der Waals surface area contributed by atoms with E-state index in [0.717, 1.165) is 36.1 Å². The summed E-state index contributed by atoms with van der Waals surface area (Å²) in [6.07, 6.45) is -3.57. The largest absolute Gasteiger partial charge is 0.466 e. The molecule has 1 unspecified atom stereocenters. The third-order valence-corrected chi connectivity index (χ3v) is 6.23. The number of hydrogen-bond donors (Lipinski definition) is 1. The third kappa shape index (κ3) is 4.92. The Hall–Kier alpha value is -4.76. The van der Waals surface area contributed by atoms with Crippen LogP contribution in [-0.4, -0.2) is 35.9 Å². The van der Waals surface area contributed by atoms with Gasteiger partial charge in [-0.25, -0.2) is 14.3 Å². The molecule has 3 aromatic rings. The van der Waals surface area contributed by atoms with Crippen LogP contribution < -0.4 is 10.6 Å². The first-order chi connectivity index (χ1) is 18.5. The molecule has 0 saturated heterocycles. The molecule has 1 aliphatic rings. The Balaban J connectivity index is 1.94. The summed E-state index contributed by atoms with van der Waals surface area (Å²) in [4.78, 5) is 27.3. The number of halogens is 4. The summed E-state index contributed by atoms with van der Waals surface area (Å²) in [5.74, 6) is -3.12. The highest BCUT2D eigenvalue weighted by molar-refractivity contribution is 6.32. The van der Waals surface area contributed by atoms with Crippen molar-refractivity contribution in [3.05, 3.63) is 99.7 Å². The molecule has 4 rings (SSSR count). The van der Waals surface area contributed by atoms with Gasteiger partial charge >= 0.3 is 18.1 Å². The predicted molar refractivity (Wildman–Crippen MR) is 133 cm³/mol. The van der Waals surface area contributed by atoms with Crippen LogP contribution in [0.2, 0.25) is 5.02 Å². The highest BCUT2D eigenvalue weighted by Crippen LogP contribution is 2.44. The molecule has 0 aliphatic carbocycles. The van der Waals surface area contributed by atoms with E-state index in [1.54, 1.807) is 30.3 Å². The first kappa shape index (κ1) is 27.3. The lowest BCUT2D eigenvalue weighted by molar-refractivity contribution is -0.141. The van der Waals surface area contributed by atoms with Crippen LogP contribution in [0.4, 0.5) is 18.9 Å². The number of carbonyl (C=O) groups excluding carboxylic acids is 2. The highest BCUT2D eigenvalue weighted by Gasteiger charge is 2.43. The molecule has 0 fully saturated rings. The highest BCUT2D eigenvalue weighted by atomic mass is 35.5. The fourth-order valence-electron chi connectivity index (χ4n) is 4.21. The molecule has 2 N–H and O–H groups in total. The molecule has 1 atom stereocenters. The van der Waals surface area contributed by atoms with Crippen molar-refractivity contribution in [1.29, 1.82) is 5.26 Å². The van der Waals surface area contributed by atoms with Crippen LogP contribution in [0.1, 0.15) is 17.2 Å². The molecule has 0 amide bonds. The number of nitriles is 1. The van der Waals surface area contributed by atoms with Crippen molar-refractivity contribution in [2.24, 2.45) is 5.73 Å². The van der Waals surface area contributed by atoms with E-state index in [1.807, 2.05) is 6.07 Å². The van der Waals surface area contributed by atoms with Crippen molar-refractivity contribution in [3.8, 4) is 11.8 Å². The van der Waals surface area contributed by atoms with Gasteiger partial charge in [-0.2, -0.15) is 23.5 Å². The molecule has 0 radical (unpaired) electrons. The zero-order valence-corrected chi connectivity index (χ0v) is 21.1. The molecule has 1 aromatic heterocycles. The minimum Gasteiger partial charge on any atom is -0.466 e. The molecule has 0 bridgehead atoms. The number of nitrogens with zero attached hydrogens (tertiary/aromatic N) is 4. The first-order valence-electron chi connectivity index (χ1n) is 11.1. The molecule has 13 heteroatoms. The third-order valence-electron chi connectivity index (χ3n) is 5.93. The summed E-state index contributed by atoms with van der Waals surface area (Å²) >= 11 is 6.42. The van der Waals surface area contributed by atoms with Crippen LogP contribution in [0.3, 0.4) is 0 Å². The summed E-state index contributed by atoms with van der Waals surface area (Å²) in [7, 11) is 2.22. The molecule has 200 valence electrons. The predicted octanol–water partition coefficient (Wildman–Crippen LogP) is 4.44. The fraction of sp³-hybridized carbons (Fsp3) is 0.154. The van der Waals surface area contributed by atoms with Crippen molar-refractivity contribution in [2.45, 2.75) is 12.1 Å². The summed E-state index contributed by atoms with van der Waals surface area (Å²) in [5.41, 5.74) is 5.43. The van der Waals surface area contributed by atoms with E-state index in [0.29, 0.717) is 5.56 Å². The van der Waals surface area contributed by atoms with Crippen LogP contribution in [0, 0.1) is 11.3 Å². The van der Waals surface area contributed by atoms with Gasteiger partial charge in [-0.05, 0) is 29.8 Å². The second-order valence-electron chi connectivity index (χ2n) is 8.11. The van der Waals surface area contributed by atoms with Crippen LogP contribution in [-0.2, 0) is 25.2 Å². The average molecular weight is 558 g/mol. The Morgan fingerprint density at radius 1 is 1.08 bits per heavy atom.